The van der Waals surface area contributed by atoms with Gasteiger partial charge in [-0.15, -0.1) is 0 Å². The fraction of sp³-hybridized carbons (Fsp3) is 0.333. The predicted molar refractivity (Wildman–Crippen MR) is 62.8 cm³/mol. The molecule has 0 radical (unpaired) electrons. The van der Waals surface area contributed by atoms with Crippen LogP contribution in [0, 0.1) is 6.92 Å². The van der Waals surface area contributed by atoms with Crippen molar-refractivity contribution in [1.29, 1.82) is 0 Å². The molecule has 0 aliphatic heterocycles. The van der Waals surface area contributed by atoms with Crippen molar-refractivity contribution >= 4 is 0 Å². The number of aromatic nitrogens is 3. The van der Waals surface area contributed by atoms with Gasteiger partial charge in [-0.1, -0.05) is 0 Å². The van der Waals surface area contributed by atoms with Gasteiger partial charge in [-0.2, -0.15) is 5.10 Å². The van der Waals surface area contributed by atoms with E-state index in [0.717, 1.165) is 17.7 Å². The van der Waals surface area contributed by atoms with E-state index in [1.54, 1.807) is 10.9 Å². The van der Waals surface area contributed by atoms with Crippen LogP contribution < -0.4 is 5.73 Å². The number of hydrogen-bond acceptors (Lipinski definition) is 3. The zero-order valence-electron chi connectivity index (χ0n) is 9.59. The first-order valence-electron chi connectivity index (χ1n) is 5.31. The molecule has 0 fully saturated rings. The highest BCUT2D eigenvalue weighted by Crippen LogP contribution is 2.17. The van der Waals surface area contributed by atoms with Crippen LogP contribution in [-0.4, -0.2) is 14.8 Å². The number of aryl methyl sites for hydroxylation is 2. The number of nitrogens with two attached hydrogens (primary N) is 1. The third-order valence-electron chi connectivity index (χ3n) is 2.68. The third kappa shape index (κ3) is 2.28. The Morgan fingerprint density at radius 1 is 1.44 bits per heavy atom. The summed E-state index contributed by atoms with van der Waals surface area (Å²) in [5.74, 6) is 0. The van der Waals surface area contributed by atoms with Gasteiger partial charge in [0.1, 0.15) is 0 Å². The topological polar surface area (TPSA) is 56.7 Å². The SMILES string of the molecule is Cc1ccncc1C(N)Cc1ccn(C)n1. The summed E-state index contributed by atoms with van der Waals surface area (Å²) in [4.78, 5) is 4.11. The van der Waals surface area contributed by atoms with Crippen molar-refractivity contribution in [1.82, 2.24) is 14.8 Å². The Kier molecular flexibility index (Phi) is 3.01. The first kappa shape index (κ1) is 10.8. The van der Waals surface area contributed by atoms with E-state index in [1.807, 2.05) is 31.6 Å². The molecular formula is C12H16N4. The van der Waals surface area contributed by atoms with E-state index < -0.39 is 0 Å². The van der Waals surface area contributed by atoms with Crippen molar-refractivity contribution in [3.05, 3.63) is 47.5 Å². The monoisotopic (exact) mass is 216 g/mol. The number of pyridine rings is 1. The van der Waals surface area contributed by atoms with Crippen LogP contribution in [0.3, 0.4) is 0 Å². The minimum atomic E-state index is -0.0383. The number of nitrogens with zero attached hydrogens (tertiary/aromatic N) is 3. The summed E-state index contributed by atoms with van der Waals surface area (Å²) in [7, 11) is 1.91. The standard InChI is InChI=1S/C12H16N4/c1-9-3-5-14-8-11(9)12(13)7-10-4-6-16(2)15-10/h3-6,8,12H,7,13H2,1-2H3. The van der Waals surface area contributed by atoms with E-state index in [1.165, 1.54) is 5.56 Å². The summed E-state index contributed by atoms with van der Waals surface area (Å²) in [6.45, 7) is 2.05. The molecule has 16 heavy (non-hydrogen) atoms. The van der Waals surface area contributed by atoms with Crippen molar-refractivity contribution in [3.63, 3.8) is 0 Å². The number of rotatable bonds is 3. The molecule has 0 aliphatic rings. The van der Waals surface area contributed by atoms with E-state index in [4.69, 9.17) is 5.73 Å². The molecule has 2 aromatic rings. The second kappa shape index (κ2) is 4.45. The van der Waals surface area contributed by atoms with E-state index >= 15 is 0 Å². The van der Waals surface area contributed by atoms with Crippen LogP contribution in [0.1, 0.15) is 22.9 Å². The maximum atomic E-state index is 6.15. The van der Waals surface area contributed by atoms with Crippen LogP contribution >= 0.6 is 0 Å². The third-order valence-corrected chi connectivity index (χ3v) is 2.68. The minimum absolute atomic E-state index is 0.0383. The van der Waals surface area contributed by atoms with E-state index in [2.05, 4.69) is 17.0 Å². The van der Waals surface area contributed by atoms with Gasteiger partial charge < -0.3 is 5.73 Å². The van der Waals surface area contributed by atoms with Crippen LogP contribution in [0.5, 0.6) is 0 Å². The van der Waals surface area contributed by atoms with Crippen LogP contribution in [-0.2, 0) is 13.5 Å². The smallest absolute Gasteiger partial charge is 0.0643 e. The maximum absolute atomic E-state index is 6.15. The maximum Gasteiger partial charge on any atom is 0.0643 e. The van der Waals surface area contributed by atoms with Gasteiger partial charge in [-0.3, -0.25) is 9.67 Å². The highest BCUT2D eigenvalue weighted by Gasteiger charge is 2.11. The molecule has 0 saturated heterocycles. The highest BCUT2D eigenvalue weighted by molar-refractivity contribution is 5.25. The number of hydrogen-bond donors (Lipinski definition) is 1. The fourth-order valence-corrected chi connectivity index (χ4v) is 1.77. The molecule has 1 unspecified atom stereocenters. The van der Waals surface area contributed by atoms with Gasteiger partial charge in [0.05, 0.1) is 5.69 Å². The Morgan fingerprint density at radius 2 is 2.25 bits per heavy atom. The zero-order chi connectivity index (χ0) is 11.5. The molecule has 2 rings (SSSR count). The van der Waals surface area contributed by atoms with Gasteiger partial charge >= 0.3 is 0 Å². The molecule has 1 atom stereocenters. The van der Waals surface area contributed by atoms with Gasteiger partial charge in [-0.25, -0.2) is 0 Å². The molecule has 2 heterocycles. The normalized spacial score (nSPS) is 12.7. The Balaban J connectivity index is 2.14. The first-order chi connectivity index (χ1) is 7.66. The lowest BCUT2D eigenvalue weighted by Gasteiger charge is -2.12. The molecule has 4 heteroatoms. The lowest BCUT2D eigenvalue weighted by atomic mass is 10.0. The van der Waals surface area contributed by atoms with E-state index in [0.29, 0.717) is 0 Å². The van der Waals surface area contributed by atoms with Crippen LogP contribution in [0.4, 0.5) is 0 Å². The summed E-state index contributed by atoms with van der Waals surface area (Å²) < 4.78 is 1.79. The Bertz CT molecular complexity index is 475. The van der Waals surface area contributed by atoms with Gasteiger partial charge in [0.25, 0.3) is 0 Å². The van der Waals surface area contributed by atoms with E-state index in [-0.39, 0.29) is 6.04 Å². The average molecular weight is 216 g/mol. The Hall–Kier alpha value is -1.68. The van der Waals surface area contributed by atoms with Crippen LogP contribution in [0.15, 0.2) is 30.7 Å². The van der Waals surface area contributed by atoms with Gasteiger partial charge in [0.2, 0.25) is 0 Å². The van der Waals surface area contributed by atoms with Crippen molar-refractivity contribution < 1.29 is 0 Å². The van der Waals surface area contributed by atoms with Crippen molar-refractivity contribution in [2.45, 2.75) is 19.4 Å². The van der Waals surface area contributed by atoms with Crippen molar-refractivity contribution in [2.24, 2.45) is 12.8 Å². The van der Waals surface area contributed by atoms with Crippen LogP contribution in [0.2, 0.25) is 0 Å². The second-order valence-electron chi connectivity index (χ2n) is 4.02. The molecule has 0 aromatic carbocycles. The molecule has 0 saturated carbocycles. The summed E-state index contributed by atoms with van der Waals surface area (Å²) in [6.07, 6.45) is 6.29. The molecular weight excluding hydrogens is 200 g/mol. The quantitative estimate of drug-likeness (QED) is 0.843. The molecule has 0 aliphatic carbocycles. The van der Waals surface area contributed by atoms with Gasteiger partial charge in [-0.05, 0) is 30.2 Å². The molecule has 0 amide bonds. The molecule has 0 bridgehead atoms. The molecule has 4 nitrogen and oxygen atoms in total. The predicted octanol–water partition coefficient (Wildman–Crippen LogP) is 1.37. The summed E-state index contributed by atoms with van der Waals surface area (Å²) >= 11 is 0. The summed E-state index contributed by atoms with van der Waals surface area (Å²) in [6, 6.07) is 3.93. The van der Waals surface area contributed by atoms with E-state index in [9.17, 15) is 0 Å². The minimum Gasteiger partial charge on any atom is -0.324 e. The molecule has 84 valence electrons. The molecule has 2 N–H and O–H groups in total. The first-order valence-corrected chi connectivity index (χ1v) is 5.31. The van der Waals surface area contributed by atoms with Gasteiger partial charge in [0, 0.05) is 38.1 Å². The second-order valence-corrected chi connectivity index (χ2v) is 4.02. The lowest BCUT2D eigenvalue weighted by molar-refractivity contribution is 0.670. The summed E-state index contributed by atoms with van der Waals surface area (Å²) in [5, 5.41) is 4.32. The molecule has 2 aromatic heterocycles. The largest absolute Gasteiger partial charge is 0.324 e. The van der Waals surface area contributed by atoms with Crippen LogP contribution in [0.25, 0.3) is 0 Å². The Morgan fingerprint density at radius 3 is 2.88 bits per heavy atom. The summed E-state index contributed by atoms with van der Waals surface area (Å²) in [5.41, 5.74) is 9.43. The Labute approximate surface area is 95.1 Å². The molecule has 0 spiro atoms. The highest BCUT2D eigenvalue weighted by atomic mass is 15.2. The van der Waals surface area contributed by atoms with Gasteiger partial charge in [0.15, 0.2) is 0 Å². The zero-order valence-corrected chi connectivity index (χ0v) is 9.59. The fourth-order valence-electron chi connectivity index (χ4n) is 1.77. The van der Waals surface area contributed by atoms with Crippen molar-refractivity contribution in [2.75, 3.05) is 0 Å². The lowest BCUT2D eigenvalue weighted by Crippen LogP contribution is -2.15. The average Bonchev–Trinajstić information content (AvgIpc) is 2.64. The van der Waals surface area contributed by atoms with Crippen molar-refractivity contribution in [3.8, 4) is 0 Å².